The summed E-state index contributed by atoms with van der Waals surface area (Å²) in [5.41, 5.74) is 1.06. The van der Waals surface area contributed by atoms with E-state index in [0.29, 0.717) is 5.92 Å². The summed E-state index contributed by atoms with van der Waals surface area (Å²) >= 11 is 5.45. The second-order valence-corrected chi connectivity index (χ2v) is 6.80. The fourth-order valence-electron chi connectivity index (χ4n) is 2.58. The van der Waals surface area contributed by atoms with Crippen molar-refractivity contribution in [3.63, 3.8) is 0 Å². The Morgan fingerprint density at radius 2 is 1.91 bits per heavy atom. The van der Waals surface area contributed by atoms with Gasteiger partial charge in [0.2, 0.25) is 0 Å². The fraction of sp³-hybridized carbons (Fsp3) is 0.611. The van der Waals surface area contributed by atoms with E-state index in [-0.39, 0.29) is 0 Å². The lowest BCUT2D eigenvalue weighted by Gasteiger charge is -2.15. The highest BCUT2D eigenvalue weighted by atomic mass is 32.1. The number of benzene rings is 1. The Bertz CT molecular complexity index is 453. The number of hydrogen-bond acceptors (Lipinski definition) is 3. The van der Waals surface area contributed by atoms with Gasteiger partial charge in [-0.1, -0.05) is 26.1 Å². The molecule has 122 valence electrons. The number of ether oxygens (including phenoxy) is 1. The number of nitrogens with zero attached hydrogens (tertiary/aromatic N) is 1. The zero-order chi connectivity index (χ0) is 15.8. The molecule has 4 heteroatoms. The number of nitrogens with one attached hydrogen (secondary N) is 1. The van der Waals surface area contributed by atoms with E-state index in [2.05, 4.69) is 24.1 Å². The van der Waals surface area contributed by atoms with Crippen LogP contribution in [0.25, 0.3) is 0 Å². The number of rotatable bonds is 8. The molecule has 0 aromatic heterocycles. The molecule has 0 bridgehead atoms. The van der Waals surface area contributed by atoms with E-state index in [1.54, 1.807) is 0 Å². The van der Waals surface area contributed by atoms with Crippen LogP contribution in [-0.2, 0) is 0 Å². The SMILES string of the molecule is CC(C)COc1ccc(C(=S)NCCCN2CCCC2)cc1. The summed E-state index contributed by atoms with van der Waals surface area (Å²) in [5, 5.41) is 3.36. The first-order chi connectivity index (χ1) is 10.6. The molecule has 1 aliphatic heterocycles. The predicted molar refractivity (Wildman–Crippen MR) is 96.8 cm³/mol. The highest BCUT2D eigenvalue weighted by Crippen LogP contribution is 2.13. The van der Waals surface area contributed by atoms with Crippen LogP contribution >= 0.6 is 12.2 Å². The minimum absolute atomic E-state index is 0.540. The van der Waals surface area contributed by atoms with Crippen LogP contribution < -0.4 is 10.1 Å². The third kappa shape index (κ3) is 5.93. The van der Waals surface area contributed by atoms with E-state index in [1.165, 1.54) is 32.5 Å². The van der Waals surface area contributed by atoms with Gasteiger partial charge >= 0.3 is 0 Å². The third-order valence-corrected chi connectivity index (χ3v) is 4.22. The van der Waals surface area contributed by atoms with Gasteiger partial charge in [-0.15, -0.1) is 0 Å². The van der Waals surface area contributed by atoms with E-state index in [0.717, 1.165) is 35.9 Å². The number of hydrogen-bond donors (Lipinski definition) is 1. The molecule has 0 unspecified atom stereocenters. The van der Waals surface area contributed by atoms with Crippen LogP contribution in [0.15, 0.2) is 24.3 Å². The molecule has 1 fully saturated rings. The van der Waals surface area contributed by atoms with Gasteiger partial charge in [-0.3, -0.25) is 0 Å². The van der Waals surface area contributed by atoms with Crippen LogP contribution in [0.3, 0.4) is 0 Å². The van der Waals surface area contributed by atoms with Gasteiger partial charge in [0.05, 0.1) is 6.61 Å². The molecule has 2 rings (SSSR count). The molecule has 1 aromatic rings. The van der Waals surface area contributed by atoms with E-state index in [9.17, 15) is 0 Å². The van der Waals surface area contributed by atoms with E-state index < -0.39 is 0 Å². The van der Waals surface area contributed by atoms with Crippen molar-refractivity contribution in [3.05, 3.63) is 29.8 Å². The van der Waals surface area contributed by atoms with Gasteiger partial charge in [0.15, 0.2) is 0 Å². The molecule has 0 aliphatic carbocycles. The van der Waals surface area contributed by atoms with Crippen molar-refractivity contribution in [1.29, 1.82) is 0 Å². The summed E-state index contributed by atoms with van der Waals surface area (Å²) in [4.78, 5) is 3.36. The molecule has 3 nitrogen and oxygen atoms in total. The Labute approximate surface area is 140 Å². The number of likely N-dealkylation sites (tertiary alicyclic amines) is 1. The molecule has 0 amide bonds. The summed E-state index contributed by atoms with van der Waals surface area (Å²) in [6, 6.07) is 8.06. The Morgan fingerprint density at radius 1 is 1.23 bits per heavy atom. The molecular formula is C18H28N2OS. The summed E-state index contributed by atoms with van der Waals surface area (Å²) in [6.45, 7) is 9.70. The van der Waals surface area contributed by atoms with Crippen LogP contribution in [0.1, 0.15) is 38.7 Å². The lowest BCUT2D eigenvalue weighted by molar-refractivity contribution is 0.271. The first-order valence-corrected chi connectivity index (χ1v) is 8.79. The second kappa shape index (κ2) is 9.11. The Kier molecular flexibility index (Phi) is 7.13. The van der Waals surface area contributed by atoms with Crippen molar-refractivity contribution < 1.29 is 4.74 Å². The van der Waals surface area contributed by atoms with E-state index >= 15 is 0 Å². The molecule has 1 heterocycles. The maximum Gasteiger partial charge on any atom is 0.119 e. The number of thiocarbonyl (C=S) groups is 1. The van der Waals surface area contributed by atoms with E-state index in [1.807, 2.05) is 24.3 Å². The molecule has 1 aromatic carbocycles. The molecule has 0 saturated carbocycles. The zero-order valence-corrected chi connectivity index (χ0v) is 14.6. The average Bonchev–Trinajstić information content (AvgIpc) is 3.03. The molecule has 0 atom stereocenters. The van der Waals surface area contributed by atoms with Crippen molar-refractivity contribution >= 4 is 17.2 Å². The van der Waals surface area contributed by atoms with Crippen LogP contribution in [0.5, 0.6) is 5.75 Å². The predicted octanol–water partition coefficient (Wildman–Crippen LogP) is 3.47. The summed E-state index contributed by atoms with van der Waals surface area (Å²) in [7, 11) is 0. The lowest BCUT2D eigenvalue weighted by atomic mass is 10.2. The monoisotopic (exact) mass is 320 g/mol. The highest BCUT2D eigenvalue weighted by molar-refractivity contribution is 7.80. The van der Waals surface area contributed by atoms with Crippen molar-refractivity contribution in [1.82, 2.24) is 10.2 Å². The van der Waals surface area contributed by atoms with Crippen molar-refractivity contribution in [3.8, 4) is 5.75 Å². The summed E-state index contributed by atoms with van der Waals surface area (Å²) in [5.74, 6) is 1.45. The fourth-order valence-corrected chi connectivity index (χ4v) is 2.82. The molecule has 1 N–H and O–H groups in total. The maximum absolute atomic E-state index is 5.69. The van der Waals surface area contributed by atoms with E-state index in [4.69, 9.17) is 17.0 Å². The summed E-state index contributed by atoms with van der Waals surface area (Å²) in [6.07, 6.45) is 3.86. The maximum atomic E-state index is 5.69. The van der Waals surface area contributed by atoms with Crippen LogP contribution in [0.2, 0.25) is 0 Å². The largest absolute Gasteiger partial charge is 0.493 e. The van der Waals surface area contributed by atoms with Crippen LogP contribution in [0.4, 0.5) is 0 Å². The van der Waals surface area contributed by atoms with Gasteiger partial charge in [-0.05, 0) is 69.1 Å². The average molecular weight is 321 g/mol. The normalized spacial score (nSPS) is 15.2. The van der Waals surface area contributed by atoms with Crippen molar-refractivity contribution in [2.45, 2.75) is 33.1 Å². The first kappa shape index (κ1) is 17.2. The Morgan fingerprint density at radius 3 is 2.55 bits per heavy atom. The van der Waals surface area contributed by atoms with Gasteiger partial charge in [-0.2, -0.15) is 0 Å². The molecule has 0 spiro atoms. The zero-order valence-electron chi connectivity index (χ0n) is 13.8. The Balaban J connectivity index is 1.67. The van der Waals surface area contributed by atoms with Gasteiger partial charge in [0.25, 0.3) is 0 Å². The van der Waals surface area contributed by atoms with Gasteiger partial charge in [0.1, 0.15) is 10.7 Å². The molecule has 1 aliphatic rings. The molecule has 0 radical (unpaired) electrons. The topological polar surface area (TPSA) is 24.5 Å². The molecular weight excluding hydrogens is 292 g/mol. The lowest BCUT2D eigenvalue weighted by Crippen LogP contribution is -2.28. The summed E-state index contributed by atoms with van der Waals surface area (Å²) < 4.78 is 5.69. The van der Waals surface area contributed by atoms with Crippen LogP contribution in [-0.4, -0.2) is 42.7 Å². The Hall–Kier alpha value is -1.13. The van der Waals surface area contributed by atoms with Crippen molar-refractivity contribution in [2.75, 3.05) is 32.8 Å². The second-order valence-electron chi connectivity index (χ2n) is 6.39. The van der Waals surface area contributed by atoms with Crippen LogP contribution in [0, 0.1) is 5.92 Å². The minimum Gasteiger partial charge on any atom is -0.493 e. The van der Waals surface area contributed by atoms with Gasteiger partial charge in [-0.25, -0.2) is 0 Å². The van der Waals surface area contributed by atoms with Crippen molar-refractivity contribution in [2.24, 2.45) is 5.92 Å². The standard InChI is InChI=1S/C18H28N2OS/c1-15(2)14-21-17-8-6-16(7-9-17)18(22)19-10-5-13-20-11-3-4-12-20/h6-9,15H,3-5,10-14H2,1-2H3,(H,19,22). The van der Waals surface area contributed by atoms with Gasteiger partial charge in [0, 0.05) is 12.1 Å². The van der Waals surface area contributed by atoms with Gasteiger partial charge < -0.3 is 15.0 Å². The third-order valence-electron chi connectivity index (χ3n) is 3.84. The molecule has 22 heavy (non-hydrogen) atoms. The minimum atomic E-state index is 0.540. The smallest absolute Gasteiger partial charge is 0.119 e. The highest BCUT2D eigenvalue weighted by Gasteiger charge is 2.10. The first-order valence-electron chi connectivity index (χ1n) is 8.38. The quantitative estimate of drug-likeness (QED) is 0.585. The molecule has 1 saturated heterocycles.